The molecule has 10 nitrogen and oxygen atoms in total. The molecule has 0 aromatic heterocycles. The van der Waals surface area contributed by atoms with Crippen molar-refractivity contribution < 1.29 is 27.9 Å². The Balaban J connectivity index is 1.30. The van der Waals surface area contributed by atoms with Gasteiger partial charge in [-0.15, -0.1) is 0 Å². The number of carboxylic acid groups (broad SMARTS) is 1. The van der Waals surface area contributed by atoms with Crippen LogP contribution in [0.4, 0.5) is 16.2 Å². The molecule has 2 amide bonds. The van der Waals surface area contributed by atoms with Crippen LogP contribution < -0.4 is 20.1 Å². The lowest BCUT2D eigenvalue weighted by Gasteiger charge is -2.40. The highest BCUT2D eigenvalue weighted by atomic mass is 32.2. The Morgan fingerprint density at radius 2 is 1.57 bits per heavy atom. The van der Waals surface area contributed by atoms with Crippen LogP contribution in [0.15, 0.2) is 72.8 Å². The van der Waals surface area contributed by atoms with E-state index in [4.69, 9.17) is 9.84 Å². The van der Waals surface area contributed by atoms with Gasteiger partial charge in [0.25, 0.3) is 0 Å². The fourth-order valence-electron chi connectivity index (χ4n) is 5.07. The second-order valence-electron chi connectivity index (χ2n) is 10.6. The number of carbonyl (C=O) groups is 2. The summed E-state index contributed by atoms with van der Waals surface area (Å²) in [5, 5.41) is 15.0. The van der Waals surface area contributed by atoms with Gasteiger partial charge in [0.15, 0.2) is 0 Å². The summed E-state index contributed by atoms with van der Waals surface area (Å²) in [7, 11) is -3.33. The first-order chi connectivity index (χ1) is 20.1. The summed E-state index contributed by atoms with van der Waals surface area (Å²) >= 11 is 0. The minimum atomic E-state index is -3.33. The summed E-state index contributed by atoms with van der Waals surface area (Å²) in [5.74, 6) is 0.294. The molecule has 3 aromatic rings. The highest BCUT2D eigenvalue weighted by Crippen LogP contribution is 2.27. The molecule has 0 aliphatic carbocycles. The number of aromatic carboxylic acids is 1. The zero-order valence-electron chi connectivity index (χ0n) is 23.9. The predicted molar refractivity (Wildman–Crippen MR) is 164 cm³/mol. The molecule has 0 saturated carbocycles. The van der Waals surface area contributed by atoms with Crippen molar-refractivity contribution in [3.05, 3.63) is 83.9 Å². The normalized spacial score (nSPS) is 17.3. The van der Waals surface area contributed by atoms with Crippen molar-refractivity contribution in [2.45, 2.75) is 57.7 Å². The molecule has 3 aromatic carbocycles. The van der Waals surface area contributed by atoms with Gasteiger partial charge in [0.1, 0.15) is 11.5 Å². The van der Waals surface area contributed by atoms with Gasteiger partial charge in [-0.05, 0) is 85.5 Å². The first kappa shape index (κ1) is 30.9. The summed E-state index contributed by atoms with van der Waals surface area (Å²) in [4.78, 5) is 26.2. The minimum Gasteiger partial charge on any atom is -0.478 e. The van der Waals surface area contributed by atoms with Gasteiger partial charge in [-0.1, -0.05) is 31.9 Å². The van der Waals surface area contributed by atoms with Crippen LogP contribution in [0.25, 0.3) is 0 Å². The second kappa shape index (κ2) is 14.2. The molecule has 0 bridgehead atoms. The van der Waals surface area contributed by atoms with Crippen molar-refractivity contribution >= 4 is 33.4 Å². The third kappa shape index (κ3) is 9.49. The summed E-state index contributed by atoms with van der Waals surface area (Å²) in [5.41, 5.74) is 2.37. The number of rotatable bonds is 12. The molecule has 1 aliphatic heterocycles. The molecule has 0 spiro atoms. The molecule has 1 aliphatic rings. The number of ether oxygens (including phenoxy) is 1. The third-order valence-electron chi connectivity index (χ3n) is 7.16. The summed E-state index contributed by atoms with van der Waals surface area (Å²) in [6.07, 6.45) is 6.07. The fraction of sp³-hybridized carbons (Fsp3) is 0.355. The van der Waals surface area contributed by atoms with Gasteiger partial charge in [0.05, 0.1) is 11.8 Å². The lowest BCUT2D eigenvalue weighted by Crippen LogP contribution is -2.50. The Labute approximate surface area is 247 Å². The Bertz CT molecular complexity index is 1440. The van der Waals surface area contributed by atoms with Crippen LogP contribution >= 0.6 is 0 Å². The number of anilines is 2. The van der Waals surface area contributed by atoms with Crippen LogP contribution in [-0.2, 0) is 16.6 Å². The lowest BCUT2D eigenvalue weighted by atomic mass is 9.93. The van der Waals surface area contributed by atoms with Crippen LogP contribution in [-0.4, -0.2) is 55.3 Å². The average molecular weight is 595 g/mol. The van der Waals surface area contributed by atoms with Gasteiger partial charge in [-0.2, -0.15) is 0 Å². The maximum absolute atomic E-state index is 12.6. The van der Waals surface area contributed by atoms with Crippen molar-refractivity contribution in [2.75, 3.05) is 22.8 Å². The van der Waals surface area contributed by atoms with E-state index < -0.39 is 16.0 Å². The van der Waals surface area contributed by atoms with Crippen LogP contribution in [0.5, 0.6) is 11.5 Å². The number of unbranched alkanes of at least 4 members (excludes halogenated alkanes) is 1. The quantitative estimate of drug-likeness (QED) is 0.205. The number of hydrogen-bond donors (Lipinski definition) is 4. The summed E-state index contributed by atoms with van der Waals surface area (Å²) in [6.45, 7) is 3.84. The van der Waals surface area contributed by atoms with Crippen molar-refractivity contribution in [2.24, 2.45) is 0 Å². The van der Waals surface area contributed by atoms with Gasteiger partial charge < -0.3 is 20.5 Å². The van der Waals surface area contributed by atoms with Gasteiger partial charge in [-0.25, -0.2) is 18.0 Å². The molecule has 1 heterocycles. The number of nitrogens with zero attached hydrogens (tertiary/aromatic N) is 1. The first-order valence-electron chi connectivity index (χ1n) is 14.1. The van der Waals surface area contributed by atoms with E-state index in [1.165, 1.54) is 17.7 Å². The van der Waals surface area contributed by atoms with E-state index in [9.17, 15) is 18.0 Å². The second-order valence-corrected chi connectivity index (χ2v) is 12.4. The SMILES string of the molecule is CCCCC1CC(NC(=O)Nc2ccc(C(=O)O)cc2)CCN1Cc1ccc(Oc2ccc(NS(C)(=O)=O)cc2)cc1. The monoisotopic (exact) mass is 594 g/mol. The van der Waals surface area contributed by atoms with Crippen LogP contribution in [0, 0.1) is 0 Å². The molecule has 4 N–H and O–H groups in total. The minimum absolute atomic E-state index is 0.0520. The number of hydrogen-bond acceptors (Lipinski definition) is 6. The predicted octanol–water partition coefficient (Wildman–Crippen LogP) is 5.89. The number of nitrogens with one attached hydrogen (secondary N) is 3. The number of benzene rings is 3. The van der Waals surface area contributed by atoms with Crippen LogP contribution in [0.2, 0.25) is 0 Å². The third-order valence-corrected chi connectivity index (χ3v) is 7.76. The maximum Gasteiger partial charge on any atom is 0.335 e. The van der Waals surface area contributed by atoms with E-state index in [2.05, 4.69) is 39.3 Å². The van der Waals surface area contributed by atoms with Crippen LogP contribution in [0.3, 0.4) is 0 Å². The number of urea groups is 1. The number of amides is 2. The molecule has 42 heavy (non-hydrogen) atoms. The Morgan fingerprint density at radius 1 is 0.952 bits per heavy atom. The fourth-order valence-corrected chi connectivity index (χ4v) is 5.63. The molecule has 2 unspecified atom stereocenters. The zero-order valence-corrected chi connectivity index (χ0v) is 24.7. The van der Waals surface area contributed by atoms with E-state index in [1.807, 2.05) is 12.1 Å². The highest BCUT2D eigenvalue weighted by Gasteiger charge is 2.29. The molecule has 11 heteroatoms. The van der Waals surface area contributed by atoms with Gasteiger partial charge >= 0.3 is 12.0 Å². The van der Waals surface area contributed by atoms with E-state index >= 15 is 0 Å². The molecular formula is C31H38N4O6S. The topological polar surface area (TPSA) is 137 Å². The first-order valence-corrected chi connectivity index (χ1v) is 16.0. The lowest BCUT2D eigenvalue weighted by molar-refractivity contribution is 0.0697. The molecule has 4 rings (SSSR count). The van der Waals surface area contributed by atoms with Gasteiger partial charge in [0, 0.05) is 36.5 Å². The molecular weight excluding hydrogens is 556 g/mol. The van der Waals surface area contributed by atoms with E-state index in [0.29, 0.717) is 28.9 Å². The van der Waals surface area contributed by atoms with Crippen molar-refractivity contribution in [3.8, 4) is 11.5 Å². The van der Waals surface area contributed by atoms with Crippen molar-refractivity contribution in [1.29, 1.82) is 0 Å². The Kier molecular flexibility index (Phi) is 10.4. The summed E-state index contributed by atoms with van der Waals surface area (Å²) < 4.78 is 31.1. The Hall–Kier alpha value is -4.09. The summed E-state index contributed by atoms with van der Waals surface area (Å²) in [6, 6.07) is 20.9. The van der Waals surface area contributed by atoms with Crippen molar-refractivity contribution in [3.63, 3.8) is 0 Å². The standard InChI is InChI=1S/C31H38N4O6S/c1-3-4-5-27-20-26(33-31(38)32-24-10-8-23(9-11-24)30(36)37)18-19-35(27)21-22-6-14-28(15-7-22)41-29-16-12-25(13-17-29)34-42(2,39)40/h6-17,26-27,34H,3-5,18-21H2,1-2H3,(H,36,37)(H2,32,33,38). The van der Waals surface area contributed by atoms with E-state index in [0.717, 1.165) is 51.4 Å². The van der Waals surface area contributed by atoms with Gasteiger partial charge in [-0.3, -0.25) is 9.62 Å². The average Bonchev–Trinajstić information content (AvgIpc) is 2.94. The van der Waals surface area contributed by atoms with Crippen LogP contribution in [0.1, 0.15) is 54.9 Å². The van der Waals surface area contributed by atoms with Gasteiger partial charge in [0.2, 0.25) is 10.0 Å². The molecule has 2 atom stereocenters. The van der Waals surface area contributed by atoms with E-state index in [1.54, 1.807) is 36.4 Å². The Morgan fingerprint density at radius 3 is 2.17 bits per heavy atom. The number of likely N-dealkylation sites (tertiary alicyclic amines) is 1. The molecule has 0 radical (unpaired) electrons. The number of piperidine rings is 1. The molecule has 224 valence electrons. The number of carbonyl (C=O) groups excluding carboxylic acids is 1. The molecule has 1 saturated heterocycles. The number of sulfonamides is 1. The van der Waals surface area contributed by atoms with Crippen molar-refractivity contribution in [1.82, 2.24) is 10.2 Å². The maximum atomic E-state index is 12.6. The zero-order chi connectivity index (χ0) is 30.1. The smallest absolute Gasteiger partial charge is 0.335 e. The largest absolute Gasteiger partial charge is 0.478 e. The van der Waals surface area contributed by atoms with E-state index in [-0.39, 0.29) is 17.6 Å². The molecule has 1 fully saturated rings. The highest BCUT2D eigenvalue weighted by molar-refractivity contribution is 7.92. The number of carboxylic acids is 1.